The van der Waals surface area contributed by atoms with E-state index >= 15 is 0 Å². The summed E-state index contributed by atoms with van der Waals surface area (Å²) in [5.74, 6) is -2.01. The summed E-state index contributed by atoms with van der Waals surface area (Å²) in [4.78, 5) is 37.2. The molecular weight excluding hydrogens is 923 g/mol. The van der Waals surface area contributed by atoms with E-state index < -0.39 is 24.3 Å². The molecule has 0 heterocycles. The van der Waals surface area contributed by atoms with Crippen molar-refractivity contribution in [3.63, 3.8) is 0 Å². The minimum Gasteiger partial charge on any atom is -0.477 e. The van der Waals surface area contributed by atoms with Gasteiger partial charge in [0.1, 0.15) is 13.2 Å². The van der Waals surface area contributed by atoms with E-state index in [2.05, 4.69) is 86.8 Å². The fourth-order valence-electron chi connectivity index (χ4n) is 8.51. The summed E-state index contributed by atoms with van der Waals surface area (Å²) < 4.78 is 22.8. The van der Waals surface area contributed by atoms with E-state index in [9.17, 15) is 19.5 Å². The fraction of sp³-hybridized carbons (Fsp3) is 0.769. The Hall–Kier alpha value is -3.27. The number of likely N-dealkylation sites (N-methyl/N-ethyl adjacent to an activating group) is 1. The van der Waals surface area contributed by atoms with Crippen molar-refractivity contribution in [2.75, 3.05) is 47.5 Å². The zero-order valence-corrected chi connectivity index (χ0v) is 48.7. The van der Waals surface area contributed by atoms with Crippen molar-refractivity contribution >= 4 is 17.9 Å². The molecule has 74 heavy (non-hydrogen) atoms. The van der Waals surface area contributed by atoms with Crippen LogP contribution in [0.1, 0.15) is 264 Å². The molecule has 0 radical (unpaired) electrons. The van der Waals surface area contributed by atoms with Gasteiger partial charge in [-0.25, -0.2) is 4.79 Å². The van der Waals surface area contributed by atoms with Gasteiger partial charge in [0.25, 0.3) is 6.29 Å². The zero-order valence-electron chi connectivity index (χ0n) is 48.7. The van der Waals surface area contributed by atoms with Crippen molar-refractivity contribution in [3.05, 3.63) is 72.9 Å². The molecule has 0 aromatic rings. The molecule has 0 aliphatic rings. The maximum absolute atomic E-state index is 12.8. The molecule has 428 valence electrons. The maximum atomic E-state index is 12.8. The van der Waals surface area contributed by atoms with Crippen LogP contribution >= 0.6 is 0 Å². The van der Waals surface area contributed by atoms with E-state index in [1.165, 1.54) is 141 Å². The number of quaternary nitrogens is 1. The topological polar surface area (TPSA) is 108 Å². The van der Waals surface area contributed by atoms with Crippen molar-refractivity contribution < 1.29 is 42.9 Å². The van der Waals surface area contributed by atoms with Crippen molar-refractivity contribution in [3.8, 4) is 0 Å². The number of rotatable bonds is 56. The number of esters is 2. The van der Waals surface area contributed by atoms with Crippen LogP contribution in [-0.2, 0) is 33.3 Å². The molecule has 1 N–H and O–H groups in total. The van der Waals surface area contributed by atoms with Gasteiger partial charge in [-0.05, 0) is 77.0 Å². The van der Waals surface area contributed by atoms with Gasteiger partial charge in [-0.3, -0.25) is 9.59 Å². The molecular formula is C65H116NO8+. The van der Waals surface area contributed by atoms with E-state index in [-0.39, 0.29) is 32.2 Å². The van der Waals surface area contributed by atoms with Crippen molar-refractivity contribution in [1.82, 2.24) is 0 Å². The van der Waals surface area contributed by atoms with Crippen molar-refractivity contribution in [2.45, 2.75) is 277 Å². The van der Waals surface area contributed by atoms with E-state index in [0.717, 1.165) is 96.3 Å². The summed E-state index contributed by atoms with van der Waals surface area (Å²) in [6, 6.07) is 0. The number of carboxylic acid groups (broad SMARTS) is 1. The summed E-state index contributed by atoms with van der Waals surface area (Å²) in [5, 5.41) is 9.67. The molecule has 0 amide bonds. The van der Waals surface area contributed by atoms with Crippen molar-refractivity contribution in [1.29, 1.82) is 0 Å². The smallest absolute Gasteiger partial charge is 0.361 e. The Labute approximate surface area is 456 Å². The Balaban J connectivity index is 3.91. The Morgan fingerprint density at radius 2 is 0.770 bits per heavy atom. The van der Waals surface area contributed by atoms with Gasteiger partial charge >= 0.3 is 17.9 Å². The van der Waals surface area contributed by atoms with Crippen LogP contribution in [0.4, 0.5) is 0 Å². The lowest BCUT2D eigenvalue weighted by atomic mass is 10.0. The molecule has 2 atom stereocenters. The second-order valence-electron chi connectivity index (χ2n) is 21.6. The van der Waals surface area contributed by atoms with Gasteiger partial charge < -0.3 is 28.5 Å². The minimum atomic E-state index is -1.51. The lowest BCUT2D eigenvalue weighted by molar-refractivity contribution is -0.870. The number of carbonyl (C=O) groups excluding carboxylic acids is 2. The highest BCUT2D eigenvalue weighted by Gasteiger charge is 2.25. The van der Waals surface area contributed by atoms with Gasteiger partial charge in [-0.1, -0.05) is 247 Å². The predicted molar refractivity (Wildman–Crippen MR) is 313 cm³/mol. The first-order valence-corrected chi connectivity index (χ1v) is 30.6. The van der Waals surface area contributed by atoms with Crippen LogP contribution in [0.2, 0.25) is 0 Å². The number of unbranched alkanes of at least 4 members (excludes halogenated alkanes) is 29. The van der Waals surface area contributed by atoms with Gasteiger partial charge in [0, 0.05) is 12.8 Å². The first-order chi connectivity index (χ1) is 36.1. The van der Waals surface area contributed by atoms with Gasteiger partial charge in [0.05, 0.1) is 34.4 Å². The number of hydrogen-bond donors (Lipinski definition) is 1. The second-order valence-corrected chi connectivity index (χ2v) is 21.6. The zero-order chi connectivity index (χ0) is 54.1. The van der Waals surface area contributed by atoms with Crippen molar-refractivity contribution in [2.24, 2.45) is 0 Å². The van der Waals surface area contributed by atoms with Gasteiger partial charge in [0.15, 0.2) is 6.10 Å². The summed E-state index contributed by atoms with van der Waals surface area (Å²) in [6.07, 6.45) is 70.3. The average molecular weight is 1040 g/mol. The highest BCUT2D eigenvalue weighted by molar-refractivity contribution is 5.71. The largest absolute Gasteiger partial charge is 0.477 e. The van der Waals surface area contributed by atoms with E-state index in [1.54, 1.807) is 0 Å². The van der Waals surface area contributed by atoms with Crippen LogP contribution in [0, 0.1) is 0 Å². The standard InChI is InChI=1S/C65H115NO8/c1-6-8-10-12-14-16-18-19-20-21-22-23-24-25-26-27-28-29-30-31-32-33-34-35-36-37-38-39-40-41-42-43-44-45-46-48-50-52-54-56-63(68)74-61(60-73-65(64(69)70)71-58-57-66(3,4)5)59-72-62(67)55-53-51-49-47-17-15-13-11-9-7-2/h8,10-11,13-14,16,19-20,22-23,25-26,61,65H,6-7,9,12,15,17-18,21,24,27-60H2,1-5H3/p+1/b10-8-,13-11-,16-14-,20-19-,23-22-,26-25-. The number of carboxylic acids is 1. The van der Waals surface area contributed by atoms with Gasteiger partial charge in [-0.2, -0.15) is 0 Å². The fourth-order valence-corrected chi connectivity index (χ4v) is 8.51. The van der Waals surface area contributed by atoms with E-state index in [1.807, 2.05) is 21.1 Å². The van der Waals surface area contributed by atoms with E-state index in [4.69, 9.17) is 18.9 Å². The molecule has 0 saturated carbocycles. The lowest BCUT2D eigenvalue weighted by Gasteiger charge is -2.25. The predicted octanol–water partition coefficient (Wildman–Crippen LogP) is 18.2. The molecule has 2 unspecified atom stereocenters. The molecule has 0 aliphatic heterocycles. The molecule has 9 nitrogen and oxygen atoms in total. The maximum Gasteiger partial charge on any atom is 0.361 e. The average Bonchev–Trinajstić information content (AvgIpc) is 3.37. The SMILES string of the molecule is CC/C=C\C/C=C\C/C=C\C/C=C\C/C=C\CCCCCCCCCCCCCCCCCCCCCCCCCC(=O)OC(COC(=O)CCCCCCC/C=C\CCC)COC(OCC[N+](C)(C)C)C(=O)O. The van der Waals surface area contributed by atoms with Gasteiger partial charge in [0.2, 0.25) is 0 Å². The minimum absolute atomic E-state index is 0.185. The summed E-state index contributed by atoms with van der Waals surface area (Å²) in [5.41, 5.74) is 0. The molecule has 0 saturated heterocycles. The van der Waals surface area contributed by atoms with Crippen LogP contribution < -0.4 is 0 Å². The van der Waals surface area contributed by atoms with Crippen LogP contribution in [0.15, 0.2) is 72.9 Å². The molecule has 0 rings (SSSR count). The number of ether oxygens (including phenoxy) is 4. The number of nitrogens with zero attached hydrogens (tertiary/aromatic N) is 1. The lowest BCUT2D eigenvalue weighted by Crippen LogP contribution is -2.40. The normalized spacial score (nSPS) is 13.3. The van der Waals surface area contributed by atoms with Crippen LogP contribution in [0.3, 0.4) is 0 Å². The Kier molecular flexibility index (Phi) is 53.5. The summed E-state index contributed by atoms with van der Waals surface area (Å²) >= 11 is 0. The van der Waals surface area contributed by atoms with Crippen LogP contribution in [0.25, 0.3) is 0 Å². The number of aliphatic carboxylic acids is 1. The molecule has 0 aromatic heterocycles. The summed E-state index contributed by atoms with van der Waals surface area (Å²) in [7, 11) is 5.96. The highest BCUT2D eigenvalue weighted by atomic mass is 16.7. The first kappa shape index (κ1) is 70.7. The highest BCUT2D eigenvalue weighted by Crippen LogP contribution is 2.17. The summed E-state index contributed by atoms with van der Waals surface area (Å²) in [6.45, 7) is 4.70. The second kappa shape index (κ2) is 55.9. The number of carbonyl (C=O) groups is 3. The molecule has 0 spiro atoms. The monoisotopic (exact) mass is 1040 g/mol. The third-order valence-electron chi connectivity index (χ3n) is 13.2. The van der Waals surface area contributed by atoms with E-state index in [0.29, 0.717) is 17.4 Å². The number of allylic oxidation sites excluding steroid dienone is 12. The van der Waals surface area contributed by atoms with Crippen LogP contribution in [-0.4, -0.2) is 87.4 Å². The number of hydrogen-bond acceptors (Lipinski definition) is 7. The Morgan fingerprint density at radius 3 is 1.16 bits per heavy atom. The third kappa shape index (κ3) is 56.5. The van der Waals surface area contributed by atoms with Gasteiger partial charge in [-0.15, -0.1) is 0 Å². The molecule has 0 aliphatic carbocycles. The molecule has 0 fully saturated rings. The van der Waals surface area contributed by atoms with Crippen LogP contribution in [0.5, 0.6) is 0 Å². The molecule has 0 bridgehead atoms. The molecule has 0 aromatic carbocycles. The Morgan fingerprint density at radius 1 is 0.419 bits per heavy atom. The third-order valence-corrected chi connectivity index (χ3v) is 13.2. The first-order valence-electron chi connectivity index (χ1n) is 30.6. The molecule has 9 heteroatoms. The Bertz CT molecular complexity index is 1440. The quantitative estimate of drug-likeness (QED) is 0.0211.